The van der Waals surface area contributed by atoms with Crippen LogP contribution >= 0.6 is 19.4 Å². The average molecular weight is 655 g/mol. The second-order valence-electron chi connectivity index (χ2n) is 11.1. The average Bonchev–Trinajstić information content (AvgIpc) is 3.02. The molecule has 1 heterocycles. The molecule has 13 heteroatoms. The van der Waals surface area contributed by atoms with E-state index in [2.05, 4.69) is 10.6 Å². The maximum absolute atomic E-state index is 13.8. The minimum Gasteiger partial charge on any atom is -0.369 e. The van der Waals surface area contributed by atoms with Crippen molar-refractivity contribution >= 4 is 53.8 Å². The number of benzene rings is 3. The van der Waals surface area contributed by atoms with E-state index in [1.807, 2.05) is 66.7 Å². The maximum atomic E-state index is 13.8. The Bertz CT molecular complexity index is 1550. The van der Waals surface area contributed by atoms with Crippen LogP contribution in [0.1, 0.15) is 42.7 Å². The molecule has 240 valence electrons. The number of piperidine rings is 1. The van der Waals surface area contributed by atoms with Gasteiger partial charge in [0.2, 0.25) is 23.6 Å². The first-order valence-corrected chi connectivity index (χ1v) is 17.8. The SMILES string of the molecule is NC(=O)C(CNC(=O)C1CCCCN1C(=O)C(CSCP(=O)(O)O)NC(=O)CCc1ccccc1)c1ccc2ccccc2c1. The fourth-order valence-electron chi connectivity index (χ4n) is 5.43. The molecule has 0 bridgehead atoms. The van der Waals surface area contributed by atoms with Gasteiger partial charge in [0.05, 0.1) is 11.4 Å². The number of hydrogen-bond acceptors (Lipinski definition) is 6. The zero-order valence-corrected chi connectivity index (χ0v) is 26.6. The lowest BCUT2D eigenvalue weighted by Gasteiger charge is -2.37. The first kappa shape index (κ1) is 34.2. The molecule has 3 unspecified atom stereocenters. The third kappa shape index (κ3) is 10.2. The highest BCUT2D eigenvalue weighted by Gasteiger charge is 2.36. The zero-order valence-electron chi connectivity index (χ0n) is 24.8. The summed E-state index contributed by atoms with van der Waals surface area (Å²) in [4.78, 5) is 72.7. The summed E-state index contributed by atoms with van der Waals surface area (Å²) in [6.45, 7) is 0.225. The Morgan fingerprint density at radius 2 is 1.69 bits per heavy atom. The van der Waals surface area contributed by atoms with Crippen molar-refractivity contribution < 1.29 is 33.5 Å². The number of primary amides is 1. The van der Waals surface area contributed by atoms with Gasteiger partial charge >= 0.3 is 7.60 Å². The van der Waals surface area contributed by atoms with Gasteiger partial charge < -0.3 is 31.1 Å². The third-order valence-electron chi connectivity index (χ3n) is 7.75. The van der Waals surface area contributed by atoms with Crippen LogP contribution < -0.4 is 16.4 Å². The fourth-order valence-corrected chi connectivity index (χ4v) is 7.26. The molecule has 0 aliphatic carbocycles. The molecule has 11 nitrogen and oxygen atoms in total. The van der Waals surface area contributed by atoms with Crippen LogP contribution in [0.15, 0.2) is 72.8 Å². The zero-order chi connectivity index (χ0) is 32.4. The smallest absolute Gasteiger partial charge is 0.335 e. The molecule has 6 N–H and O–H groups in total. The lowest BCUT2D eigenvalue weighted by Crippen LogP contribution is -2.58. The number of nitrogens with two attached hydrogens (primary N) is 1. The molecular formula is C32H39N4O7PS. The van der Waals surface area contributed by atoms with Gasteiger partial charge in [-0.3, -0.25) is 23.7 Å². The number of carbonyl (C=O) groups is 4. The van der Waals surface area contributed by atoms with Crippen molar-refractivity contribution in [3.63, 3.8) is 0 Å². The molecule has 3 aromatic carbocycles. The Morgan fingerprint density at radius 1 is 0.978 bits per heavy atom. The maximum Gasteiger partial charge on any atom is 0.335 e. The van der Waals surface area contributed by atoms with E-state index in [-0.39, 0.29) is 31.2 Å². The van der Waals surface area contributed by atoms with E-state index < -0.39 is 48.8 Å². The van der Waals surface area contributed by atoms with E-state index >= 15 is 0 Å². The van der Waals surface area contributed by atoms with Crippen LogP contribution in [0.2, 0.25) is 0 Å². The minimum absolute atomic E-state index is 0.0528. The summed E-state index contributed by atoms with van der Waals surface area (Å²) >= 11 is 0.865. The molecule has 1 fully saturated rings. The number of carbonyl (C=O) groups excluding carboxylic acids is 4. The topological polar surface area (TPSA) is 179 Å². The van der Waals surface area contributed by atoms with Crippen LogP contribution in [0.5, 0.6) is 0 Å². The van der Waals surface area contributed by atoms with Crippen LogP contribution in [-0.4, -0.2) is 74.7 Å². The number of hydrogen-bond donors (Lipinski definition) is 5. The summed E-state index contributed by atoms with van der Waals surface area (Å²) in [7, 11) is -4.34. The van der Waals surface area contributed by atoms with E-state index in [9.17, 15) is 33.5 Å². The van der Waals surface area contributed by atoms with Gasteiger partial charge in [0, 0.05) is 25.3 Å². The fraction of sp³-hybridized carbons (Fsp3) is 0.375. The highest BCUT2D eigenvalue weighted by molar-refractivity contribution is 8.04. The van der Waals surface area contributed by atoms with Gasteiger partial charge in [-0.15, -0.1) is 11.8 Å². The number of rotatable bonds is 14. The van der Waals surface area contributed by atoms with E-state index in [1.54, 1.807) is 6.07 Å². The minimum atomic E-state index is -4.34. The summed E-state index contributed by atoms with van der Waals surface area (Å²) in [6, 6.07) is 20.7. The highest BCUT2D eigenvalue weighted by Crippen LogP contribution is 2.38. The van der Waals surface area contributed by atoms with Crippen molar-refractivity contribution in [2.45, 2.75) is 50.1 Å². The first-order chi connectivity index (χ1) is 21.5. The highest BCUT2D eigenvalue weighted by atomic mass is 32.2. The van der Waals surface area contributed by atoms with Crippen LogP contribution in [0.25, 0.3) is 10.8 Å². The van der Waals surface area contributed by atoms with Crippen LogP contribution in [0.3, 0.4) is 0 Å². The molecule has 4 rings (SSSR count). The van der Waals surface area contributed by atoms with Gasteiger partial charge in [0.15, 0.2) is 0 Å². The predicted octanol–water partition coefficient (Wildman–Crippen LogP) is 2.89. The van der Waals surface area contributed by atoms with Crippen molar-refractivity contribution in [3.05, 3.63) is 83.9 Å². The van der Waals surface area contributed by atoms with Gasteiger partial charge in [0.25, 0.3) is 0 Å². The lowest BCUT2D eigenvalue weighted by atomic mass is 9.95. The molecule has 1 aliphatic heterocycles. The predicted molar refractivity (Wildman–Crippen MR) is 174 cm³/mol. The number of aryl methyl sites for hydroxylation is 1. The summed E-state index contributed by atoms with van der Waals surface area (Å²) in [5.74, 6) is -2.77. The Labute approximate surface area is 266 Å². The number of nitrogens with one attached hydrogen (secondary N) is 2. The van der Waals surface area contributed by atoms with Crippen molar-refractivity contribution in [1.29, 1.82) is 0 Å². The normalized spacial score (nSPS) is 16.5. The molecule has 3 aromatic rings. The summed E-state index contributed by atoms with van der Waals surface area (Å²) in [5, 5.41) is 7.49. The van der Waals surface area contributed by atoms with E-state index in [0.29, 0.717) is 31.2 Å². The van der Waals surface area contributed by atoms with Crippen LogP contribution in [0, 0.1) is 0 Å². The van der Waals surface area contributed by atoms with Gasteiger partial charge in [-0.2, -0.15) is 0 Å². The first-order valence-electron chi connectivity index (χ1n) is 14.8. The third-order valence-corrected chi connectivity index (χ3v) is 10.4. The molecule has 0 radical (unpaired) electrons. The van der Waals surface area contributed by atoms with Crippen molar-refractivity contribution in [2.24, 2.45) is 5.73 Å². The van der Waals surface area contributed by atoms with E-state index in [1.165, 1.54) is 4.90 Å². The summed E-state index contributed by atoms with van der Waals surface area (Å²) < 4.78 is 11.5. The molecule has 1 saturated heterocycles. The lowest BCUT2D eigenvalue weighted by molar-refractivity contribution is -0.144. The second-order valence-corrected chi connectivity index (χ2v) is 14.2. The number of amides is 4. The number of fused-ring (bicyclic) bond motifs is 1. The standard InChI is InChI=1S/C32H39N4O7PS/c33-30(38)26(25-15-14-23-10-4-5-11-24(23)18-25)19-34-31(39)28-12-6-7-17-36(28)32(40)27(20-45-21-44(41,42)43)35-29(37)16-13-22-8-2-1-3-9-22/h1-5,8-11,14-15,18,26-28H,6-7,12-13,16-17,19-21H2,(H2,33,38)(H,34,39)(H,35,37)(H2,41,42,43). The molecule has 0 saturated carbocycles. The second kappa shape index (κ2) is 16.0. The van der Waals surface area contributed by atoms with Gasteiger partial charge in [0.1, 0.15) is 12.1 Å². The molecule has 4 amide bonds. The van der Waals surface area contributed by atoms with Gasteiger partial charge in [-0.1, -0.05) is 72.8 Å². The molecule has 45 heavy (non-hydrogen) atoms. The largest absolute Gasteiger partial charge is 0.369 e. The Morgan fingerprint density at radius 3 is 2.40 bits per heavy atom. The van der Waals surface area contributed by atoms with Crippen molar-refractivity contribution in [2.75, 3.05) is 24.3 Å². The Hall–Kier alpha value is -3.70. The molecule has 1 aliphatic rings. The number of likely N-dealkylation sites (tertiary alicyclic amines) is 1. The van der Waals surface area contributed by atoms with E-state index in [0.717, 1.165) is 28.1 Å². The molecular weight excluding hydrogens is 615 g/mol. The van der Waals surface area contributed by atoms with Gasteiger partial charge in [-0.25, -0.2) is 0 Å². The Kier molecular flexibility index (Phi) is 12.2. The number of thioether (sulfide) groups is 1. The van der Waals surface area contributed by atoms with Crippen LogP contribution in [-0.2, 0) is 30.2 Å². The van der Waals surface area contributed by atoms with E-state index in [4.69, 9.17) is 5.73 Å². The van der Waals surface area contributed by atoms with Gasteiger partial charge in [-0.05, 0) is 47.6 Å². The monoisotopic (exact) mass is 654 g/mol. The summed E-state index contributed by atoms with van der Waals surface area (Å²) in [6.07, 6.45) is 2.31. The van der Waals surface area contributed by atoms with Crippen molar-refractivity contribution in [1.82, 2.24) is 15.5 Å². The van der Waals surface area contributed by atoms with Crippen LogP contribution in [0.4, 0.5) is 0 Å². The van der Waals surface area contributed by atoms with Crippen molar-refractivity contribution in [3.8, 4) is 0 Å². The number of nitrogens with zero attached hydrogens (tertiary/aromatic N) is 1. The Balaban J connectivity index is 1.44. The molecule has 3 atom stereocenters. The summed E-state index contributed by atoms with van der Waals surface area (Å²) in [5.41, 5.74) is 6.84. The molecule has 0 aromatic heterocycles. The quantitative estimate of drug-likeness (QED) is 0.165. The molecule has 0 spiro atoms.